The molecule has 0 radical (unpaired) electrons. The normalized spacial score (nSPS) is 10.8. The summed E-state index contributed by atoms with van der Waals surface area (Å²) >= 11 is 3.19. The summed E-state index contributed by atoms with van der Waals surface area (Å²) in [6.45, 7) is 0. The number of H-pyrrole nitrogens is 1. The SMILES string of the molecule is COc1ccc(-c2nc(SCc3csc(-c4ccc(OC)cc4)n3)n[nH]2)cc1. The molecule has 6 nitrogen and oxygen atoms in total. The minimum atomic E-state index is 0.699. The lowest BCUT2D eigenvalue weighted by molar-refractivity contribution is 0.415. The number of nitrogens with zero attached hydrogens (tertiary/aromatic N) is 3. The second-order valence-corrected chi connectivity index (χ2v) is 7.66. The number of methoxy groups -OCH3 is 2. The predicted octanol–water partition coefficient (Wildman–Crippen LogP) is 4.90. The first kappa shape index (κ1) is 18.5. The van der Waals surface area contributed by atoms with Gasteiger partial charge in [-0.05, 0) is 48.5 Å². The number of ether oxygens (including phenoxy) is 2. The highest BCUT2D eigenvalue weighted by Gasteiger charge is 2.09. The smallest absolute Gasteiger partial charge is 0.209 e. The second kappa shape index (κ2) is 8.45. The molecule has 0 spiro atoms. The van der Waals surface area contributed by atoms with Crippen molar-refractivity contribution in [1.29, 1.82) is 0 Å². The Morgan fingerprint density at radius 3 is 2.18 bits per heavy atom. The summed E-state index contributed by atoms with van der Waals surface area (Å²) in [7, 11) is 3.31. The summed E-state index contributed by atoms with van der Waals surface area (Å²) in [4.78, 5) is 9.26. The van der Waals surface area contributed by atoms with Crippen LogP contribution in [0.2, 0.25) is 0 Å². The number of thiazole rings is 1. The molecule has 142 valence electrons. The lowest BCUT2D eigenvalue weighted by Gasteiger charge is -2.00. The van der Waals surface area contributed by atoms with Crippen LogP contribution in [0.15, 0.2) is 59.1 Å². The van der Waals surface area contributed by atoms with Crippen molar-refractivity contribution in [1.82, 2.24) is 20.2 Å². The highest BCUT2D eigenvalue weighted by Crippen LogP contribution is 2.29. The number of hydrogen-bond acceptors (Lipinski definition) is 7. The molecule has 0 bridgehead atoms. The van der Waals surface area contributed by atoms with E-state index in [1.807, 2.05) is 48.5 Å². The first-order valence-corrected chi connectivity index (χ1v) is 10.4. The monoisotopic (exact) mass is 410 g/mol. The van der Waals surface area contributed by atoms with E-state index >= 15 is 0 Å². The summed E-state index contributed by atoms with van der Waals surface area (Å²) in [6.07, 6.45) is 0. The molecule has 4 aromatic rings. The second-order valence-electron chi connectivity index (χ2n) is 5.86. The molecule has 2 aromatic carbocycles. The number of aromatic nitrogens is 4. The van der Waals surface area contributed by atoms with Crippen molar-refractivity contribution in [2.24, 2.45) is 0 Å². The molecule has 2 heterocycles. The van der Waals surface area contributed by atoms with Gasteiger partial charge in [0.05, 0.1) is 19.9 Å². The van der Waals surface area contributed by atoms with Gasteiger partial charge < -0.3 is 9.47 Å². The minimum absolute atomic E-state index is 0.699. The average Bonchev–Trinajstić information content (AvgIpc) is 3.42. The zero-order valence-corrected chi connectivity index (χ0v) is 17.0. The maximum Gasteiger partial charge on any atom is 0.209 e. The fourth-order valence-corrected chi connectivity index (χ4v) is 4.19. The van der Waals surface area contributed by atoms with Gasteiger partial charge in [-0.2, -0.15) is 0 Å². The minimum Gasteiger partial charge on any atom is -0.497 e. The Labute approximate surface area is 171 Å². The van der Waals surface area contributed by atoms with E-state index in [4.69, 9.17) is 14.5 Å². The van der Waals surface area contributed by atoms with Crippen molar-refractivity contribution >= 4 is 23.1 Å². The van der Waals surface area contributed by atoms with E-state index in [0.717, 1.165) is 39.2 Å². The number of thioether (sulfide) groups is 1. The Kier molecular flexibility index (Phi) is 5.59. The molecule has 28 heavy (non-hydrogen) atoms. The van der Waals surface area contributed by atoms with E-state index in [0.29, 0.717) is 10.9 Å². The quantitative estimate of drug-likeness (QED) is 0.437. The van der Waals surface area contributed by atoms with Crippen LogP contribution in [-0.4, -0.2) is 34.4 Å². The van der Waals surface area contributed by atoms with Gasteiger partial charge in [-0.25, -0.2) is 9.97 Å². The van der Waals surface area contributed by atoms with Gasteiger partial charge in [0, 0.05) is 22.3 Å². The molecular formula is C20H18N4O2S2. The van der Waals surface area contributed by atoms with Crippen LogP contribution in [0.5, 0.6) is 11.5 Å². The van der Waals surface area contributed by atoms with Gasteiger partial charge in [0.1, 0.15) is 16.5 Å². The predicted molar refractivity (Wildman–Crippen MR) is 112 cm³/mol. The largest absolute Gasteiger partial charge is 0.497 e. The third-order valence-corrected chi connectivity index (χ3v) is 5.89. The fourth-order valence-electron chi connectivity index (χ4n) is 2.57. The van der Waals surface area contributed by atoms with E-state index in [2.05, 4.69) is 20.6 Å². The summed E-state index contributed by atoms with van der Waals surface area (Å²) in [6, 6.07) is 15.6. The van der Waals surface area contributed by atoms with Crippen LogP contribution in [0.1, 0.15) is 5.69 Å². The average molecular weight is 411 g/mol. The van der Waals surface area contributed by atoms with Crippen molar-refractivity contribution in [3.8, 4) is 33.5 Å². The Balaban J connectivity index is 1.39. The van der Waals surface area contributed by atoms with Crippen LogP contribution in [0.4, 0.5) is 0 Å². The lowest BCUT2D eigenvalue weighted by Crippen LogP contribution is -1.85. The molecule has 0 aliphatic rings. The Morgan fingerprint density at radius 2 is 1.54 bits per heavy atom. The third-order valence-electron chi connectivity index (χ3n) is 4.07. The summed E-state index contributed by atoms with van der Waals surface area (Å²) in [5.41, 5.74) is 3.06. The van der Waals surface area contributed by atoms with Crippen molar-refractivity contribution < 1.29 is 9.47 Å². The van der Waals surface area contributed by atoms with Gasteiger partial charge >= 0.3 is 0 Å². The molecule has 0 saturated carbocycles. The number of aromatic amines is 1. The molecule has 8 heteroatoms. The number of benzene rings is 2. The third kappa shape index (κ3) is 4.18. The lowest BCUT2D eigenvalue weighted by atomic mass is 10.2. The molecule has 0 saturated heterocycles. The van der Waals surface area contributed by atoms with E-state index in [9.17, 15) is 0 Å². The standard InChI is InChI=1S/C20H18N4O2S2/c1-25-16-7-3-13(4-8-16)18-22-20(24-23-18)28-12-15-11-27-19(21-15)14-5-9-17(26-2)10-6-14/h3-11H,12H2,1-2H3,(H,22,23,24). The van der Waals surface area contributed by atoms with Crippen LogP contribution in [0, 0.1) is 0 Å². The Bertz CT molecular complexity index is 957. The molecule has 0 amide bonds. The molecule has 0 atom stereocenters. The maximum absolute atomic E-state index is 5.20. The molecule has 0 aliphatic carbocycles. The number of hydrogen-bond donors (Lipinski definition) is 1. The van der Waals surface area contributed by atoms with Crippen LogP contribution in [0.25, 0.3) is 22.0 Å². The van der Waals surface area contributed by atoms with Gasteiger partial charge in [-0.1, -0.05) is 11.8 Å². The van der Waals surface area contributed by atoms with Gasteiger partial charge in [-0.15, -0.1) is 16.4 Å². The van der Waals surface area contributed by atoms with E-state index in [-0.39, 0.29) is 0 Å². The van der Waals surface area contributed by atoms with Gasteiger partial charge in [0.2, 0.25) is 5.16 Å². The van der Waals surface area contributed by atoms with Crippen molar-refractivity contribution in [2.75, 3.05) is 14.2 Å². The number of nitrogens with one attached hydrogen (secondary N) is 1. The first-order valence-electron chi connectivity index (χ1n) is 8.53. The van der Waals surface area contributed by atoms with E-state index < -0.39 is 0 Å². The van der Waals surface area contributed by atoms with Crippen LogP contribution >= 0.6 is 23.1 Å². The van der Waals surface area contributed by atoms with Gasteiger partial charge in [0.15, 0.2) is 5.82 Å². The van der Waals surface area contributed by atoms with Crippen LogP contribution in [-0.2, 0) is 5.75 Å². The molecule has 2 aromatic heterocycles. The summed E-state index contributed by atoms with van der Waals surface area (Å²) < 4.78 is 10.4. The van der Waals surface area contributed by atoms with Crippen molar-refractivity contribution in [3.05, 3.63) is 59.6 Å². The fraction of sp³-hybridized carbons (Fsp3) is 0.150. The van der Waals surface area contributed by atoms with Crippen molar-refractivity contribution in [3.63, 3.8) is 0 Å². The zero-order chi connectivity index (χ0) is 19.3. The number of rotatable bonds is 7. The molecular weight excluding hydrogens is 392 g/mol. The molecule has 0 unspecified atom stereocenters. The summed E-state index contributed by atoms with van der Waals surface area (Å²) in [5.74, 6) is 3.11. The Morgan fingerprint density at radius 1 is 0.893 bits per heavy atom. The van der Waals surface area contributed by atoms with E-state index in [1.165, 1.54) is 0 Å². The first-order chi connectivity index (χ1) is 13.7. The topological polar surface area (TPSA) is 72.9 Å². The molecule has 1 N–H and O–H groups in total. The molecule has 4 rings (SSSR count). The maximum atomic E-state index is 5.20. The van der Waals surface area contributed by atoms with Crippen LogP contribution < -0.4 is 9.47 Å². The van der Waals surface area contributed by atoms with E-state index in [1.54, 1.807) is 37.3 Å². The zero-order valence-electron chi connectivity index (χ0n) is 15.4. The van der Waals surface area contributed by atoms with Crippen molar-refractivity contribution in [2.45, 2.75) is 10.9 Å². The molecule has 0 fully saturated rings. The van der Waals surface area contributed by atoms with Gasteiger partial charge in [-0.3, -0.25) is 5.10 Å². The summed E-state index contributed by atoms with van der Waals surface area (Å²) in [5, 5.41) is 11.0. The van der Waals surface area contributed by atoms with Gasteiger partial charge in [0.25, 0.3) is 0 Å². The van der Waals surface area contributed by atoms with Crippen LogP contribution in [0.3, 0.4) is 0 Å². The highest BCUT2D eigenvalue weighted by atomic mass is 32.2. The molecule has 0 aliphatic heterocycles. The Hall–Kier alpha value is -2.84. The highest BCUT2D eigenvalue weighted by molar-refractivity contribution is 7.98.